The number of aromatic nitrogens is 5. The number of nitrogens with two attached hydrogens (primary N) is 1. The van der Waals surface area contributed by atoms with Crippen LogP contribution in [0, 0.1) is 5.92 Å². The molecule has 2 aromatic heterocycles. The molecule has 0 radical (unpaired) electrons. The van der Waals surface area contributed by atoms with Crippen molar-refractivity contribution in [3.05, 3.63) is 29.8 Å². The van der Waals surface area contributed by atoms with Gasteiger partial charge in [0.25, 0.3) is 5.91 Å². The summed E-state index contributed by atoms with van der Waals surface area (Å²) in [7, 11) is 1.80. The van der Waals surface area contributed by atoms with Gasteiger partial charge in [-0.3, -0.25) is 9.48 Å². The van der Waals surface area contributed by atoms with E-state index >= 15 is 0 Å². The molecule has 2 fully saturated rings. The third-order valence-corrected chi connectivity index (χ3v) is 5.42. The number of nitrogens with zero attached hydrogens (tertiary/aromatic N) is 5. The maximum atomic E-state index is 12.7. The van der Waals surface area contributed by atoms with E-state index in [1.165, 1.54) is 19.3 Å². The smallest absolute Gasteiger partial charge is 0.255 e. The second-order valence-corrected chi connectivity index (χ2v) is 7.44. The van der Waals surface area contributed by atoms with Gasteiger partial charge in [-0.1, -0.05) is 24.5 Å². The molecule has 0 aliphatic heterocycles. The molecule has 25 heavy (non-hydrogen) atoms. The first-order valence-corrected chi connectivity index (χ1v) is 9.06. The first kappa shape index (κ1) is 16.3. The second kappa shape index (κ2) is 6.25. The minimum absolute atomic E-state index is 0.118. The molecule has 0 aromatic carbocycles. The molecule has 0 spiro atoms. The quantitative estimate of drug-likeness (QED) is 0.855. The molecule has 2 aromatic rings. The molecule has 2 aliphatic rings. The van der Waals surface area contributed by atoms with Crippen LogP contribution in [0.5, 0.6) is 0 Å². The molecule has 1 atom stereocenters. The van der Waals surface area contributed by atoms with Gasteiger partial charge in [0.2, 0.25) is 0 Å². The number of hydrogen-bond acceptors (Lipinski definition) is 5. The minimum atomic E-state index is -0.379. The van der Waals surface area contributed by atoms with Crippen molar-refractivity contribution in [2.75, 3.05) is 0 Å². The van der Waals surface area contributed by atoms with Gasteiger partial charge in [-0.15, -0.1) is 5.10 Å². The summed E-state index contributed by atoms with van der Waals surface area (Å²) < 4.78 is 3.39. The molecular weight excluding hydrogens is 318 g/mol. The fourth-order valence-electron chi connectivity index (χ4n) is 3.66. The molecule has 4 rings (SSSR count). The number of carbonyl (C=O) groups excluding carboxylic acids is 1. The van der Waals surface area contributed by atoms with E-state index in [2.05, 4.69) is 20.7 Å². The third-order valence-electron chi connectivity index (χ3n) is 5.42. The summed E-state index contributed by atoms with van der Waals surface area (Å²) in [5.74, 6) is 0.263. The Morgan fingerprint density at radius 1 is 1.32 bits per heavy atom. The number of nitrogens with one attached hydrogen (secondary N) is 1. The zero-order valence-electron chi connectivity index (χ0n) is 14.6. The molecule has 0 bridgehead atoms. The van der Waals surface area contributed by atoms with Crippen LogP contribution in [0.3, 0.4) is 0 Å². The van der Waals surface area contributed by atoms with Gasteiger partial charge in [-0.25, -0.2) is 4.68 Å². The van der Waals surface area contributed by atoms with Crippen LogP contribution in [0.25, 0.3) is 0 Å². The highest BCUT2D eigenvalue weighted by Gasteiger charge is 2.42. The predicted octanol–water partition coefficient (Wildman–Crippen LogP) is 1.47. The lowest BCUT2D eigenvalue weighted by molar-refractivity contribution is 0.0911. The summed E-state index contributed by atoms with van der Waals surface area (Å²) in [4.78, 5) is 12.7. The van der Waals surface area contributed by atoms with Crippen molar-refractivity contribution in [1.82, 2.24) is 30.1 Å². The molecule has 8 nitrogen and oxygen atoms in total. The van der Waals surface area contributed by atoms with Crippen molar-refractivity contribution >= 4 is 5.91 Å². The number of rotatable bonds is 5. The van der Waals surface area contributed by atoms with E-state index in [0.29, 0.717) is 11.5 Å². The van der Waals surface area contributed by atoms with Crippen LogP contribution >= 0.6 is 0 Å². The Balaban J connectivity index is 1.57. The molecule has 0 saturated heterocycles. The van der Waals surface area contributed by atoms with Gasteiger partial charge in [-0.05, 0) is 31.6 Å². The average molecular weight is 343 g/mol. The van der Waals surface area contributed by atoms with E-state index < -0.39 is 0 Å². The van der Waals surface area contributed by atoms with E-state index in [0.717, 1.165) is 31.4 Å². The largest absolute Gasteiger partial charge is 0.343 e. The summed E-state index contributed by atoms with van der Waals surface area (Å²) in [6.07, 6.45) is 12.9. The number of carbonyl (C=O) groups is 1. The fourth-order valence-corrected chi connectivity index (χ4v) is 3.66. The lowest BCUT2D eigenvalue weighted by atomic mass is 9.82. The van der Waals surface area contributed by atoms with Crippen LogP contribution in [0.2, 0.25) is 0 Å². The molecule has 2 heterocycles. The molecule has 1 amide bonds. The molecule has 3 N–H and O–H groups in total. The fraction of sp³-hybridized carbons (Fsp3) is 0.647. The first-order valence-electron chi connectivity index (χ1n) is 9.06. The van der Waals surface area contributed by atoms with Crippen LogP contribution in [0.4, 0.5) is 0 Å². The third kappa shape index (κ3) is 3.30. The van der Waals surface area contributed by atoms with Crippen LogP contribution in [-0.2, 0) is 12.7 Å². The average Bonchev–Trinajstić information content (AvgIpc) is 3.04. The molecule has 0 unspecified atom stereocenters. The van der Waals surface area contributed by atoms with Gasteiger partial charge in [0.1, 0.15) is 11.4 Å². The maximum Gasteiger partial charge on any atom is 0.255 e. The van der Waals surface area contributed by atoms with Gasteiger partial charge in [0.05, 0.1) is 24.0 Å². The van der Waals surface area contributed by atoms with Crippen LogP contribution < -0.4 is 11.1 Å². The van der Waals surface area contributed by atoms with Crippen molar-refractivity contribution in [2.45, 2.75) is 56.7 Å². The minimum Gasteiger partial charge on any atom is -0.343 e. The summed E-state index contributed by atoms with van der Waals surface area (Å²) in [5, 5.41) is 15.8. The Bertz CT molecular complexity index is 755. The lowest BCUT2D eigenvalue weighted by Gasteiger charge is -2.29. The van der Waals surface area contributed by atoms with Gasteiger partial charge < -0.3 is 11.1 Å². The van der Waals surface area contributed by atoms with Crippen LogP contribution in [0.15, 0.2) is 18.6 Å². The topological polar surface area (TPSA) is 104 Å². The highest BCUT2D eigenvalue weighted by molar-refractivity contribution is 5.93. The van der Waals surface area contributed by atoms with Gasteiger partial charge in [-0.2, -0.15) is 5.10 Å². The van der Waals surface area contributed by atoms with E-state index in [-0.39, 0.29) is 17.6 Å². The molecule has 8 heteroatoms. The number of amides is 1. The Labute approximate surface area is 146 Å². The van der Waals surface area contributed by atoms with Gasteiger partial charge in [0.15, 0.2) is 0 Å². The summed E-state index contributed by atoms with van der Waals surface area (Å²) in [6, 6.07) is -0.135. The van der Waals surface area contributed by atoms with Gasteiger partial charge >= 0.3 is 0 Å². The second-order valence-electron chi connectivity index (χ2n) is 7.44. The van der Waals surface area contributed by atoms with Crippen molar-refractivity contribution < 1.29 is 4.79 Å². The van der Waals surface area contributed by atoms with Crippen LogP contribution in [0.1, 0.15) is 67.0 Å². The molecule has 134 valence electrons. The van der Waals surface area contributed by atoms with Crippen LogP contribution in [-0.4, -0.2) is 30.7 Å². The predicted molar refractivity (Wildman–Crippen MR) is 91.4 cm³/mol. The van der Waals surface area contributed by atoms with E-state index in [9.17, 15) is 4.79 Å². The van der Waals surface area contributed by atoms with E-state index in [4.69, 9.17) is 5.73 Å². The summed E-state index contributed by atoms with van der Waals surface area (Å²) in [6.45, 7) is 0. The SMILES string of the molecule is Cn1cc(C(=O)N[C@H](c2cn(C3(N)CC3)nn2)C2CCCCC2)cn1. The highest BCUT2D eigenvalue weighted by atomic mass is 16.1. The summed E-state index contributed by atoms with van der Waals surface area (Å²) >= 11 is 0. The van der Waals surface area contributed by atoms with Gasteiger partial charge in [0, 0.05) is 13.2 Å². The molecule has 2 aliphatic carbocycles. The Morgan fingerprint density at radius 2 is 2.08 bits per heavy atom. The molecule has 2 saturated carbocycles. The number of aryl methyl sites for hydroxylation is 1. The first-order chi connectivity index (χ1) is 12.0. The Hall–Kier alpha value is -2.22. The lowest BCUT2D eigenvalue weighted by Crippen LogP contribution is -2.34. The monoisotopic (exact) mass is 343 g/mol. The number of hydrogen-bond donors (Lipinski definition) is 2. The van der Waals surface area contributed by atoms with Crippen molar-refractivity contribution in [3.63, 3.8) is 0 Å². The zero-order valence-corrected chi connectivity index (χ0v) is 14.6. The normalized spacial score (nSPS) is 21.0. The Kier molecular flexibility index (Phi) is 4.07. The summed E-state index contributed by atoms with van der Waals surface area (Å²) in [5.41, 5.74) is 7.21. The van der Waals surface area contributed by atoms with E-state index in [1.807, 2.05) is 6.20 Å². The van der Waals surface area contributed by atoms with Crippen molar-refractivity contribution in [2.24, 2.45) is 18.7 Å². The Morgan fingerprint density at radius 3 is 2.72 bits per heavy atom. The van der Waals surface area contributed by atoms with E-state index in [1.54, 1.807) is 28.8 Å². The molecular formula is C17H25N7O. The highest BCUT2D eigenvalue weighted by Crippen LogP contribution is 2.38. The zero-order chi connectivity index (χ0) is 17.4. The maximum absolute atomic E-state index is 12.7. The van der Waals surface area contributed by atoms with Crippen molar-refractivity contribution in [3.8, 4) is 0 Å². The standard InChI is InChI=1S/C17H25N7O/c1-23-10-13(9-19-23)16(25)20-15(12-5-3-2-4-6-12)14-11-24(22-21-14)17(18)7-8-17/h9-12,15H,2-8,18H2,1H3,(H,20,25)/t15-/m0/s1. The van der Waals surface area contributed by atoms with Crippen molar-refractivity contribution in [1.29, 1.82) is 0 Å².